The van der Waals surface area contributed by atoms with Crippen molar-refractivity contribution in [3.8, 4) is 5.75 Å². The second-order valence-electron chi connectivity index (χ2n) is 12.6. The predicted molar refractivity (Wildman–Crippen MR) is 190 cm³/mol. The molecule has 17 nitrogen and oxygen atoms in total. The van der Waals surface area contributed by atoms with E-state index in [2.05, 4.69) is 16.0 Å². The fourth-order valence-electron chi connectivity index (χ4n) is 5.34. The molecular formula is C36H44N6O11. The number of urea groups is 1. The maximum Gasteiger partial charge on any atom is 0.514 e. The number of benzene rings is 2. The molecule has 1 heterocycles. The molecule has 0 aromatic heterocycles. The Kier molecular flexibility index (Phi) is 16.1. The van der Waals surface area contributed by atoms with E-state index in [1.54, 1.807) is 38.1 Å². The monoisotopic (exact) mass is 736 g/mol. The van der Waals surface area contributed by atoms with Gasteiger partial charge in [0.1, 0.15) is 12.4 Å². The summed E-state index contributed by atoms with van der Waals surface area (Å²) in [5.41, 5.74) is 5.96. The number of Topliss-reactive ketones (excluding diaryl/α,β-unsaturated/α-hetero) is 1. The summed E-state index contributed by atoms with van der Waals surface area (Å²) in [5, 5.41) is 18.8. The van der Waals surface area contributed by atoms with Gasteiger partial charge < -0.3 is 31.2 Å². The number of anilines is 1. The van der Waals surface area contributed by atoms with E-state index in [-0.39, 0.29) is 79.8 Å². The first-order chi connectivity index (χ1) is 25.2. The van der Waals surface area contributed by atoms with E-state index >= 15 is 0 Å². The minimum Gasteiger partial charge on any atom is -0.429 e. The van der Waals surface area contributed by atoms with E-state index in [9.17, 15) is 43.7 Å². The second kappa shape index (κ2) is 20.7. The van der Waals surface area contributed by atoms with Crippen LogP contribution in [0.25, 0.3) is 0 Å². The molecule has 6 amide bonds. The molecule has 1 aliphatic rings. The molecule has 53 heavy (non-hydrogen) atoms. The highest BCUT2D eigenvalue weighted by Gasteiger charge is 2.29. The number of ketones is 1. The fourth-order valence-corrected chi connectivity index (χ4v) is 5.34. The van der Waals surface area contributed by atoms with E-state index < -0.39 is 35.0 Å². The zero-order valence-electron chi connectivity index (χ0n) is 29.5. The van der Waals surface area contributed by atoms with Gasteiger partial charge in [0.2, 0.25) is 11.8 Å². The third kappa shape index (κ3) is 14.2. The first-order valence-corrected chi connectivity index (χ1v) is 17.1. The number of imide groups is 1. The summed E-state index contributed by atoms with van der Waals surface area (Å²) < 4.78 is 10.1. The Morgan fingerprint density at radius 2 is 1.57 bits per heavy atom. The number of rotatable bonds is 21. The highest BCUT2D eigenvalue weighted by atomic mass is 16.7. The number of nitrogens with zero attached hydrogens (tertiary/aromatic N) is 2. The number of unbranched alkanes of at least 4 members (excludes halogenated alkanes) is 2. The van der Waals surface area contributed by atoms with Gasteiger partial charge in [0, 0.05) is 61.8 Å². The van der Waals surface area contributed by atoms with Gasteiger partial charge in [-0.1, -0.05) is 32.4 Å². The van der Waals surface area contributed by atoms with Gasteiger partial charge in [0.05, 0.1) is 11.0 Å². The molecule has 0 aliphatic carbocycles. The fraction of sp³-hybridized carbons (Fsp3) is 0.417. The van der Waals surface area contributed by atoms with Crippen LogP contribution in [0.3, 0.4) is 0 Å². The summed E-state index contributed by atoms with van der Waals surface area (Å²) in [6.07, 6.45) is 3.59. The molecule has 5 N–H and O–H groups in total. The van der Waals surface area contributed by atoms with Crippen LogP contribution < -0.4 is 26.4 Å². The molecule has 0 bridgehead atoms. The number of ether oxygens (including phenoxy) is 2. The van der Waals surface area contributed by atoms with Gasteiger partial charge in [0.15, 0.2) is 5.78 Å². The van der Waals surface area contributed by atoms with E-state index in [0.29, 0.717) is 36.9 Å². The van der Waals surface area contributed by atoms with Gasteiger partial charge in [-0.3, -0.25) is 39.0 Å². The van der Waals surface area contributed by atoms with E-state index in [4.69, 9.17) is 15.2 Å². The van der Waals surface area contributed by atoms with Gasteiger partial charge in [-0.2, -0.15) is 0 Å². The van der Waals surface area contributed by atoms with Gasteiger partial charge in [0.25, 0.3) is 17.5 Å². The number of nitrogens with one attached hydrogen (secondary N) is 3. The number of carbonyl (C=O) groups excluding carboxylic acids is 7. The van der Waals surface area contributed by atoms with Crippen molar-refractivity contribution < 1.29 is 48.0 Å². The van der Waals surface area contributed by atoms with Crippen LogP contribution >= 0.6 is 0 Å². The van der Waals surface area contributed by atoms with Crippen LogP contribution in [-0.2, 0) is 35.3 Å². The Balaban J connectivity index is 1.52. The Morgan fingerprint density at radius 3 is 2.17 bits per heavy atom. The van der Waals surface area contributed by atoms with Crippen LogP contribution in [0.4, 0.5) is 21.0 Å². The first kappa shape index (κ1) is 41.3. The topological polar surface area (TPSA) is 246 Å². The molecular weight excluding hydrogens is 692 g/mol. The molecule has 3 rings (SSSR count). The zero-order chi connectivity index (χ0) is 38.9. The summed E-state index contributed by atoms with van der Waals surface area (Å²) in [7, 11) is 0. The molecule has 0 saturated heterocycles. The molecule has 284 valence electrons. The number of primary amides is 1. The highest BCUT2D eigenvalue weighted by molar-refractivity contribution is 6.12. The third-order valence-corrected chi connectivity index (χ3v) is 8.19. The lowest BCUT2D eigenvalue weighted by atomic mass is 9.89. The largest absolute Gasteiger partial charge is 0.514 e. The van der Waals surface area contributed by atoms with Gasteiger partial charge in [-0.05, 0) is 61.4 Å². The maximum atomic E-state index is 13.5. The predicted octanol–water partition coefficient (Wildman–Crippen LogP) is 3.90. The number of nitrogens with two attached hydrogens (primary N) is 1. The summed E-state index contributed by atoms with van der Waals surface area (Å²) in [6, 6.07) is 9.72. The number of nitro groups is 1. The van der Waals surface area contributed by atoms with Gasteiger partial charge in [-0.25, -0.2) is 9.59 Å². The van der Waals surface area contributed by atoms with Crippen LogP contribution in [0.2, 0.25) is 0 Å². The molecule has 1 aliphatic heterocycles. The van der Waals surface area contributed by atoms with Crippen LogP contribution in [0, 0.1) is 22.0 Å². The maximum absolute atomic E-state index is 13.5. The number of carbonyl (C=O) groups is 7. The Morgan fingerprint density at radius 1 is 0.906 bits per heavy atom. The molecule has 0 fully saturated rings. The first-order valence-electron chi connectivity index (χ1n) is 17.1. The van der Waals surface area contributed by atoms with Gasteiger partial charge >= 0.3 is 12.2 Å². The third-order valence-electron chi connectivity index (χ3n) is 8.19. The quantitative estimate of drug-likeness (QED) is 0.0357. The molecule has 17 heteroatoms. The van der Waals surface area contributed by atoms with Crippen LogP contribution in [0.1, 0.15) is 64.4 Å². The summed E-state index contributed by atoms with van der Waals surface area (Å²) in [6.45, 7) is 3.86. The smallest absolute Gasteiger partial charge is 0.429 e. The van der Waals surface area contributed by atoms with Crippen molar-refractivity contribution >= 4 is 53.0 Å². The van der Waals surface area contributed by atoms with Crippen molar-refractivity contribution in [1.29, 1.82) is 0 Å². The van der Waals surface area contributed by atoms with E-state index in [0.717, 1.165) is 4.90 Å². The number of amides is 6. The van der Waals surface area contributed by atoms with Gasteiger partial charge in [-0.15, -0.1) is 0 Å². The Hall–Kier alpha value is -6.13. The standard InChI is InChI=1S/C36H44N6O11/c1-23(2)33(40-30(44)8-4-3-5-20-41-31(45)17-18-32(41)46)29(43)21-25(7-6-19-38-35(37)48)34(47)39-26-11-9-24(10-12-26)22-52-36(49)53-28-15-13-27(14-16-28)42(50)51/h9-18,23,25,33H,3-8,19-22H2,1-2H3,(H,39,47)(H,40,44)(H3,37,38,48). The lowest BCUT2D eigenvalue weighted by Crippen LogP contribution is -2.45. The van der Waals surface area contributed by atoms with Crippen molar-refractivity contribution in [3.05, 3.63) is 76.4 Å². The SMILES string of the molecule is CC(C)C(NC(=O)CCCCCN1C(=O)C=CC1=O)C(=O)CC(CCCNC(N)=O)C(=O)Nc1ccc(COC(=O)Oc2ccc([N+](=O)[O-])cc2)cc1. The lowest BCUT2D eigenvalue weighted by Gasteiger charge is -2.24. The number of hydrogen-bond donors (Lipinski definition) is 4. The second-order valence-corrected chi connectivity index (χ2v) is 12.6. The minimum atomic E-state index is -1.02. The number of nitro benzene ring substituents is 1. The van der Waals surface area contributed by atoms with Crippen LogP contribution in [0.5, 0.6) is 5.75 Å². The van der Waals surface area contributed by atoms with Crippen molar-refractivity contribution in [1.82, 2.24) is 15.5 Å². The summed E-state index contributed by atoms with van der Waals surface area (Å²) in [5.74, 6) is -2.83. The minimum absolute atomic E-state index is 0.0667. The van der Waals surface area contributed by atoms with Crippen LogP contribution in [-0.4, -0.2) is 70.6 Å². The van der Waals surface area contributed by atoms with Crippen molar-refractivity contribution in [2.24, 2.45) is 17.6 Å². The Labute approximate surface area is 305 Å². The van der Waals surface area contributed by atoms with Crippen molar-refractivity contribution in [2.45, 2.75) is 71.4 Å². The molecule has 0 saturated carbocycles. The average Bonchev–Trinajstić information content (AvgIpc) is 3.43. The van der Waals surface area contributed by atoms with Crippen molar-refractivity contribution in [3.63, 3.8) is 0 Å². The average molecular weight is 737 g/mol. The zero-order valence-corrected chi connectivity index (χ0v) is 29.5. The molecule has 2 atom stereocenters. The molecule has 0 radical (unpaired) electrons. The molecule has 0 spiro atoms. The lowest BCUT2D eigenvalue weighted by molar-refractivity contribution is -0.384. The highest BCUT2D eigenvalue weighted by Crippen LogP contribution is 2.21. The summed E-state index contributed by atoms with van der Waals surface area (Å²) >= 11 is 0. The molecule has 2 aromatic carbocycles. The normalized spacial score (nSPS) is 13.3. The number of hydrogen-bond acceptors (Lipinski definition) is 11. The number of non-ortho nitro benzene ring substituents is 1. The Bertz CT molecular complexity index is 1660. The van der Waals surface area contributed by atoms with E-state index in [1.165, 1.54) is 36.4 Å². The summed E-state index contributed by atoms with van der Waals surface area (Å²) in [4.78, 5) is 97.6. The van der Waals surface area contributed by atoms with E-state index in [1.807, 2.05) is 0 Å². The van der Waals surface area contributed by atoms with Crippen molar-refractivity contribution in [2.75, 3.05) is 18.4 Å². The molecule has 2 aromatic rings. The molecule has 2 unspecified atom stereocenters. The van der Waals surface area contributed by atoms with Crippen LogP contribution in [0.15, 0.2) is 60.7 Å².